The molecule has 0 heterocycles. The van der Waals surface area contributed by atoms with Gasteiger partial charge >= 0.3 is 7.12 Å². The van der Waals surface area contributed by atoms with Gasteiger partial charge in [0, 0.05) is 0 Å². The van der Waals surface area contributed by atoms with Crippen molar-refractivity contribution < 1.29 is 10.0 Å². The average molecular weight is 246 g/mol. The Bertz CT molecular complexity index is 357. The van der Waals surface area contributed by atoms with Crippen LogP contribution < -0.4 is 5.46 Å². The lowest BCUT2D eigenvalue weighted by molar-refractivity contribution is 0.421. The summed E-state index contributed by atoms with van der Waals surface area (Å²) < 4.78 is 0. The van der Waals surface area contributed by atoms with Gasteiger partial charge in [0.15, 0.2) is 0 Å². The Morgan fingerprint density at radius 3 is 2.33 bits per heavy atom. The van der Waals surface area contributed by atoms with Gasteiger partial charge in [-0.3, -0.25) is 0 Å². The summed E-state index contributed by atoms with van der Waals surface area (Å²) in [7, 11) is -1.34. The van der Waals surface area contributed by atoms with Crippen molar-refractivity contribution in [2.45, 2.75) is 51.4 Å². The van der Waals surface area contributed by atoms with Gasteiger partial charge in [0.05, 0.1) is 0 Å². The van der Waals surface area contributed by atoms with Crippen molar-refractivity contribution in [1.29, 1.82) is 0 Å². The molecule has 2 nitrogen and oxygen atoms in total. The summed E-state index contributed by atoms with van der Waals surface area (Å²) in [5, 5.41) is 18.7. The molecular weight excluding hydrogens is 223 g/mol. The molecule has 0 bridgehead atoms. The predicted molar refractivity (Wildman–Crippen MR) is 75.8 cm³/mol. The number of hydrogen-bond donors (Lipinski definition) is 2. The van der Waals surface area contributed by atoms with E-state index in [1.807, 2.05) is 24.3 Å². The molecular formula is C15H23BO2. The zero-order chi connectivity index (χ0) is 12.8. The zero-order valence-corrected chi connectivity index (χ0v) is 11.0. The van der Waals surface area contributed by atoms with Crippen LogP contribution in [0.3, 0.4) is 0 Å². The van der Waals surface area contributed by atoms with Crippen LogP contribution in [0, 0.1) is 5.92 Å². The number of benzene rings is 1. The smallest absolute Gasteiger partial charge is 0.423 e. The first kappa shape index (κ1) is 13.6. The third kappa shape index (κ3) is 3.86. The third-order valence-corrected chi connectivity index (χ3v) is 4.13. The third-order valence-electron chi connectivity index (χ3n) is 4.13. The zero-order valence-electron chi connectivity index (χ0n) is 11.0. The molecule has 1 aliphatic carbocycles. The fraction of sp³-hybridized carbons (Fsp3) is 0.600. The van der Waals surface area contributed by atoms with Gasteiger partial charge in [-0.15, -0.1) is 0 Å². The van der Waals surface area contributed by atoms with Crippen molar-refractivity contribution in [3.63, 3.8) is 0 Å². The summed E-state index contributed by atoms with van der Waals surface area (Å²) in [6.45, 7) is 0. The van der Waals surface area contributed by atoms with Gasteiger partial charge in [-0.2, -0.15) is 0 Å². The van der Waals surface area contributed by atoms with Crippen LogP contribution in [0.25, 0.3) is 0 Å². The summed E-state index contributed by atoms with van der Waals surface area (Å²) in [5.41, 5.74) is 1.77. The standard InChI is InChI=1S/C15H23BO2/c17-16(18)15-10-6-5-9-14(15)12-11-13-7-3-1-2-4-8-13/h5-6,9-10,13,17-18H,1-4,7-8,11-12H2. The topological polar surface area (TPSA) is 40.5 Å². The van der Waals surface area contributed by atoms with E-state index < -0.39 is 7.12 Å². The van der Waals surface area contributed by atoms with Crippen molar-refractivity contribution in [2.24, 2.45) is 5.92 Å². The van der Waals surface area contributed by atoms with Gasteiger partial charge in [-0.1, -0.05) is 62.8 Å². The van der Waals surface area contributed by atoms with E-state index in [-0.39, 0.29) is 0 Å². The normalized spacial score (nSPS) is 17.4. The second kappa shape index (κ2) is 6.96. The van der Waals surface area contributed by atoms with Crippen molar-refractivity contribution in [3.05, 3.63) is 29.8 Å². The molecule has 1 aromatic rings. The lowest BCUT2D eigenvalue weighted by atomic mass is 9.75. The average Bonchev–Trinajstić information content (AvgIpc) is 2.65. The Kier molecular flexibility index (Phi) is 5.27. The van der Waals surface area contributed by atoms with E-state index in [0.717, 1.165) is 17.9 Å². The minimum absolute atomic E-state index is 0.672. The van der Waals surface area contributed by atoms with Crippen LogP contribution in [0.1, 0.15) is 50.5 Å². The van der Waals surface area contributed by atoms with E-state index in [4.69, 9.17) is 0 Å². The molecule has 0 radical (unpaired) electrons. The summed E-state index contributed by atoms with van der Waals surface area (Å²) >= 11 is 0. The minimum Gasteiger partial charge on any atom is -0.423 e. The lowest BCUT2D eigenvalue weighted by Crippen LogP contribution is -2.33. The van der Waals surface area contributed by atoms with Crippen molar-refractivity contribution in [1.82, 2.24) is 0 Å². The van der Waals surface area contributed by atoms with Gasteiger partial charge in [0.25, 0.3) is 0 Å². The maximum Gasteiger partial charge on any atom is 0.488 e. The van der Waals surface area contributed by atoms with E-state index in [2.05, 4.69) is 0 Å². The molecule has 0 amide bonds. The van der Waals surface area contributed by atoms with E-state index in [1.165, 1.54) is 44.9 Å². The van der Waals surface area contributed by atoms with Crippen LogP contribution in [0.2, 0.25) is 0 Å². The Labute approximate surface area is 110 Å². The summed E-state index contributed by atoms with van der Waals surface area (Å²) in [5.74, 6) is 0.830. The van der Waals surface area contributed by atoms with Crippen LogP contribution in [0.4, 0.5) is 0 Å². The van der Waals surface area contributed by atoms with Crippen LogP contribution in [0.15, 0.2) is 24.3 Å². The SMILES string of the molecule is OB(O)c1ccccc1CCC1CCCCCC1. The van der Waals surface area contributed by atoms with Crippen LogP contribution >= 0.6 is 0 Å². The van der Waals surface area contributed by atoms with Crippen molar-refractivity contribution in [2.75, 3.05) is 0 Å². The van der Waals surface area contributed by atoms with Gasteiger partial charge in [0.2, 0.25) is 0 Å². The first-order chi connectivity index (χ1) is 8.77. The molecule has 2 N–H and O–H groups in total. The van der Waals surface area contributed by atoms with Crippen LogP contribution in [-0.4, -0.2) is 17.2 Å². The van der Waals surface area contributed by atoms with Gasteiger partial charge in [0.1, 0.15) is 0 Å². The highest BCUT2D eigenvalue weighted by atomic mass is 16.4. The van der Waals surface area contributed by atoms with Crippen molar-refractivity contribution in [3.8, 4) is 0 Å². The number of rotatable bonds is 4. The fourth-order valence-electron chi connectivity index (χ4n) is 3.03. The molecule has 18 heavy (non-hydrogen) atoms. The summed E-state index contributed by atoms with van der Waals surface area (Å²) in [6, 6.07) is 7.68. The van der Waals surface area contributed by atoms with Gasteiger partial charge in [-0.05, 0) is 29.8 Å². The number of aryl methyl sites for hydroxylation is 1. The Morgan fingerprint density at radius 2 is 1.67 bits per heavy atom. The van der Waals surface area contributed by atoms with Crippen LogP contribution in [-0.2, 0) is 6.42 Å². The second-order valence-corrected chi connectivity index (χ2v) is 5.47. The van der Waals surface area contributed by atoms with Gasteiger partial charge in [-0.25, -0.2) is 0 Å². The molecule has 0 saturated heterocycles. The fourth-order valence-corrected chi connectivity index (χ4v) is 3.03. The highest BCUT2D eigenvalue weighted by Crippen LogP contribution is 2.26. The molecule has 3 heteroatoms. The summed E-state index contributed by atoms with van der Waals surface area (Å²) in [4.78, 5) is 0. The number of hydrogen-bond acceptors (Lipinski definition) is 2. The molecule has 0 atom stereocenters. The minimum atomic E-state index is -1.34. The molecule has 0 unspecified atom stereocenters. The van der Waals surface area contributed by atoms with Gasteiger partial charge < -0.3 is 10.0 Å². The molecule has 1 fully saturated rings. The molecule has 0 spiro atoms. The maximum atomic E-state index is 9.34. The first-order valence-electron chi connectivity index (χ1n) is 7.21. The van der Waals surface area contributed by atoms with E-state index >= 15 is 0 Å². The highest BCUT2D eigenvalue weighted by molar-refractivity contribution is 6.59. The molecule has 1 aromatic carbocycles. The van der Waals surface area contributed by atoms with E-state index in [9.17, 15) is 10.0 Å². The largest absolute Gasteiger partial charge is 0.488 e. The maximum absolute atomic E-state index is 9.34. The van der Waals surface area contributed by atoms with E-state index in [1.54, 1.807) is 0 Å². The molecule has 0 aliphatic heterocycles. The van der Waals surface area contributed by atoms with Crippen molar-refractivity contribution >= 4 is 12.6 Å². The Morgan fingerprint density at radius 1 is 1.00 bits per heavy atom. The second-order valence-electron chi connectivity index (χ2n) is 5.47. The van der Waals surface area contributed by atoms with Crippen LogP contribution in [0.5, 0.6) is 0 Å². The molecule has 1 saturated carbocycles. The first-order valence-corrected chi connectivity index (χ1v) is 7.21. The Balaban J connectivity index is 1.92. The lowest BCUT2D eigenvalue weighted by Gasteiger charge is -2.15. The molecule has 1 aliphatic rings. The van der Waals surface area contributed by atoms with E-state index in [0.29, 0.717) is 5.46 Å². The Hall–Kier alpha value is -0.795. The predicted octanol–water partition coefficient (Wildman–Crippen LogP) is 2.27. The molecule has 98 valence electrons. The monoisotopic (exact) mass is 246 g/mol. The quantitative estimate of drug-likeness (QED) is 0.632. The molecule has 0 aromatic heterocycles. The summed E-state index contributed by atoms with van der Waals surface area (Å²) in [6.07, 6.45) is 10.4. The molecule has 2 rings (SSSR count). The highest BCUT2D eigenvalue weighted by Gasteiger charge is 2.17.